The van der Waals surface area contributed by atoms with Crippen molar-refractivity contribution < 1.29 is 23.1 Å². The lowest BCUT2D eigenvalue weighted by molar-refractivity contribution is -0.142. The van der Waals surface area contributed by atoms with Gasteiger partial charge in [-0.25, -0.2) is 8.42 Å². The number of rotatable bonds is 5. The Kier molecular flexibility index (Phi) is 4.93. The van der Waals surface area contributed by atoms with E-state index in [1.807, 2.05) is 0 Å². The summed E-state index contributed by atoms with van der Waals surface area (Å²) in [6.45, 7) is 3.09. The number of nitrogens with zero attached hydrogens (tertiary/aromatic N) is 2. The molecule has 1 heterocycles. The molecule has 0 radical (unpaired) electrons. The van der Waals surface area contributed by atoms with Gasteiger partial charge in [-0.1, -0.05) is 19.1 Å². The molecule has 1 aromatic rings. The molecule has 0 fully saturated rings. The molecule has 2 atom stereocenters. The van der Waals surface area contributed by atoms with Gasteiger partial charge in [-0.15, -0.1) is 0 Å². The van der Waals surface area contributed by atoms with Crippen LogP contribution in [0, 0.1) is 5.92 Å². The lowest BCUT2D eigenvalue weighted by atomic mass is 10.1. The van der Waals surface area contributed by atoms with Gasteiger partial charge in [-0.05, 0) is 19.1 Å². The second-order valence-electron chi connectivity index (χ2n) is 5.71. The molecule has 1 aromatic carbocycles. The fourth-order valence-electron chi connectivity index (χ4n) is 2.38. The molecule has 9 heteroatoms. The van der Waals surface area contributed by atoms with Crippen molar-refractivity contribution in [1.29, 1.82) is 0 Å². The van der Waals surface area contributed by atoms with Crippen molar-refractivity contribution in [2.24, 2.45) is 10.9 Å². The number of benzene rings is 1. The minimum Gasteiger partial charge on any atom is -0.481 e. The summed E-state index contributed by atoms with van der Waals surface area (Å²) in [5.41, 5.74) is 0.415. The average molecular weight is 353 g/mol. The van der Waals surface area contributed by atoms with Crippen LogP contribution in [-0.2, 0) is 19.6 Å². The summed E-state index contributed by atoms with van der Waals surface area (Å²) >= 11 is 0. The van der Waals surface area contributed by atoms with Gasteiger partial charge in [-0.3, -0.25) is 19.3 Å². The van der Waals surface area contributed by atoms with Crippen LogP contribution in [-0.4, -0.2) is 55.8 Å². The molecule has 130 valence electrons. The number of carbonyl (C=O) groups excluding carboxylic acids is 1. The van der Waals surface area contributed by atoms with Crippen LogP contribution in [0.15, 0.2) is 34.2 Å². The first-order chi connectivity index (χ1) is 11.1. The number of carboxylic acid groups (broad SMARTS) is 1. The number of aliphatic imine (C=N–C) groups is 1. The Morgan fingerprint density at radius 3 is 2.54 bits per heavy atom. The van der Waals surface area contributed by atoms with Crippen molar-refractivity contribution in [3.63, 3.8) is 0 Å². The van der Waals surface area contributed by atoms with Crippen molar-refractivity contribution in [3.8, 4) is 0 Å². The quantitative estimate of drug-likeness (QED) is 0.789. The Labute approximate surface area is 140 Å². The summed E-state index contributed by atoms with van der Waals surface area (Å²) in [6, 6.07) is 5.52. The monoisotopic (exact) mass is 353 g/mol. The molecule has 8 nitrogen and oxygen atoms in total. The lowest BCUT2D eigenvalue weighted by Gasteiger charge is -2.21. The highest BCUT2D eigenvalue weighted by molar-refractivity contribution is 7.90. The number of hydrogen-bond donors (Lipinski definition) is 2. The van der Waals surface area contributed by atoms with Gasteiger partial charge < -0.3 is 10.0 Å². The molecule has 0 bridgehead atoms. The smallest absolute Gasteiger partial charge is 0.308 e. The molecule has 2 N–H and O–H groups in total. The predicted octanol–water partition coefficient (Wildman–Crippen LogP) is 0.293. The molecular formula is C15H19N3O5S. The maximum absolute atomic E-state index is 12.3. The number of carboxylic acids is 1. The van der Waals surface area contributed by atoms with E-state index in [-0.39, 0.29) is 23.2 Å². The van der Waals surface area contributed by atoms with Crippen molar-refractivity contribution in [2.75, 3.05) is 13.6 Å². The summed E-state index contributed by atoms with van der Waals surface area (Å²) in [5.74, 6) is -1.97. The number of amides is 1. The molecule has 0 spiro atoms. The van der Waals surface area contributed by atoms with Gasteiger partial charge in [0.05, 0.1) is 10.8 Å². The van der Waals surface area contributed by atoms with Crippen molar-refractivity contribution >= 4 is 27.7 Å². The number of aliphatic carboxylic acids is 1. The van der Waals surface area contributed by atoms with Crippen molar-refractivity contribution in [2.45, 2.75) is 24.8 Å². The standard InChI is InChI=1S/C15H19N3O5S/c1-9(15(20)21)8-18(3)14(19)10(2)16-13-11-6-4-5-7-12(11)24(22,23)17-13/h4-7,9-10H,8H2,1-3H3,(H,16,17)(H,20,21). The van der Waals surface area contributed by atoms with Gasteiger partial charge in [0.1, 0.15) is 11.9 Å². The van der Waals surface area contributed by atoms with Crippen LogP contribution in [0.25, 0.3) is 0 Å². The van der Waals surface area contributed by atoms with E-state index in [1.165, 1.54) is 31.9 Å². The number of carbonyl (C=O) groups is 2. The van der Waals surface area contributed by atoms with Gasteiger partial charge in [-0.2, -0.15) is 0 Å². The van der Waals surface area contributed by atoms with E-state index >= 15 is 0 Å². The van der Waals surface area contributed by atoms with E-state index in [4.69, 9.17) is 5.11 Å². The minimum atomic E-state index is -3.66. The third kappa shape index (κ3) is 3.56. The van der Waals surface area contributed by atoms with Crippen molar-refractivity contribution in [3.05, 3.63) is 29.8 Å². The van der Waals surface area contributed by atoms with E-state index in [1.54, 1.807) is 18.2 Å². The average Bonchev–Trinajstić information content (AvgIpc) is 2.77. The molecule has 0 saturated carbocycles. The minimum absolute atomic E-state index is 0.0473. The third-order valence-electron chi connectivity index (χ3n) is 3.69. The summed E-state index contributed by atoms with van der Waals surface area (Å²) in [5, 5.41) is 8.91. The van der Waals surface area contributed by atoms with Gasteiger partial charge in [0, 0.05) is 19.2 Å². The molecule has 1 aliphatic rings. The third-order valence-corrected chi connectivity index (χ3v) is 5.09. The molecule has 0 aromatic heterocycles. The first kappa shape index (κ1) is 17.9. The SMILES string of the molecule is CC(CN(C)C(=O)C(C)N=C1NS(=O)(=O)c2ccccc21)C(=O)O. The van der Waals surface area contributed by atoms with Gasteiger partial charge >= 0.3 is 5.97 Å². The summed E-state index contributed by atoms with van der Waals surface area (Å²) < 4.78 is 26.4. The Morgan fingerprint density at radius 1 is 1.29 bits per heavy atom. The number of fused-ring (bicyclic) bond motifs is 1. The summed E-state index contributed by atoms with van der Waals surface area (Å²) in [6.07, 6.45) is 0. The van der Waals surface area contributed by atoms with Crippen LogP contribution in [0.3, 0.4) is 0 Å². The van der Waals surface area contributed by atoms with E-state index in [0.29, 0.717) is 5.56 Å². The van der Waals surface area contributed by atoms with Gasteiger partial charge in [0.25, 0.3) is 10.0 Å². The number of nitrogens with one attached hydrogen (secondary N) is 1. The van der Waals surface area contributed by atoms with Crippen LogP contribution < -0.4 is 4.72 Å². The molecule has 1 aliphatic heterocycles. The van der Waals surface area contributed by atoms with E-state index in [9.17, 15) is 18.0 Å². The Balaban J connectivity index is 2.20. The molecule has 2 rings (SSSR count). The summed E-state index contributed by atoms with van der Waals surface area (Å²) in [4.78, 5) is 28.8. The van der Waals surface area contributed by atoms with Crippen LogP contribution in [0.1, 0.15) is 19.4 Å². The van der Waals surface area contributed by atoms with Crippen LogP contribution >= 0.6 is 0 Å². The lowest BCUT2D eigenvalue weighted by Crippen LogP contribution is -2.39. The second kappa shape index (κ2) is 6.60. The van der Waals surface area contributed by atoms with Crippen molar-refractivity contribution in [1.82, 2.24) is 9.62 Å². The molecule has 0 saturated heterocycles. The van der Waals surface area contributed by atoms with Gasteiger partial charge in [0.15, 0.2) is 0 Å². The highest BCUT2D eigenvalue weighted by Crippen LogP contribution is 2.22. The maximum Gasteiger partial charge on any atom is 0.308 e. The number of amidine groups is 1. The first-order valence-electron chi connectivity index (χ1n) is 7.31. The maximum atomic E-state index is 12.3. The summed E-state index contributed by atoms with van der Waals surface area (Å²) in [7, 11) is -2.17. The highest BCUT2D eigenvalue weighted by atomic mass is 32.2. The topological polar surface area (TPSA) is 116 Å². The molecule has 0 aliphatic carbocycles. The molecule has 2 unspecified atom stereocenters. The molecule has 24 heavy (non-hydrogen) atoms. The number of sulfonamides is 1. The fourth-order valence-corrected chi connectivity index (χ4v) is 3.62. The Hall–Kier alpha value is -2.42. The van der Waals surface area contributed by atoms with Crippen LogP contribution in [0.5, 0.6) is 0 Å². The number of likely N-dealkylation sites (N-methyl/N-ethyl adjacent to an activating group) is 1. The Bertz CT molecular complexity index is 803. The fraction of sp³-hybridized carbons (Fsp3) is 0.400. The molecular weight excluding hydrogens is 334 g/mol. The largest absolute Gasteiger partial charge is 0.481 e. The zero-order valence-corrected chi connectivity index (χ0v) is 14.4. The number of hydrogen-bond acceptors (Lipinski definition) is 5. The van der Waals surface area contributed by atoms with Crippen LogP contribution in [0.4, 0.5) is 0 Å². The normalized spacial score (nSPS) is 19.2. The second-order valence-corrected chi connectivity index (χ2v) is 7.36. The van der Waals surface area contributed by atoms with E-state index < -0.39 is 28.0 Å². The first-order valence-corrected chi connectivity index (χ1v) is 8.79. The van der Waals surface area contributed by atoms with E-state index in [2.05, 4.69) is 9.71 Å². The van der Waals surface area contributed by atoms with Crippen LogP contribution in [0.2, 0.25) is 0 Å². The molecule has 1 amide bonds. The van der Waals surface area contributed by atoms with Gasteiger partial charge in [0.2, 0.25) is 5.91 Å². The predicted molar refractivity (Wildman–Crippen MR) is 87.2 cm³/mol. The highest BCUT2D eigenvalue weighted by Gasteiger charge is 2.31. The zero-order chi connectivity index (χ0) is 18.1. The Morgan fingerprint density at radius 2 is 1.92 bits per heavy atom. The van der Waals surface area contributed by atoms with E-state index in [0.717, 1.165) is 0 Å². The zero-order valence-electron chi connectivity index (χ0n) is 13.6.